The van der Waals surface area contributed by atoms with Gasteiger partial charge in [-0.25, -0.2) is 0 Å². The van der Waals surface area contributed by atoms with Gasteiger partial charge >= 0.3 is 0 Å². The molecular formula is C36H28N4O3S2. The fourth-order valence-electron chi connectivity index (χ4n) is 4.79. The number of benzene rings is 4. The molecule has 1 atom stereocenters. The Hall–Kier alpha value is -5.12. The average molecular weight is 629 g/mol. The van der Waals surface area contributed by atoms with E-state index in [1.54, 1.807) is 77.6 Å². The molecule has 0 saturated heterocycles. The smallest absolute Gasteiger partial charge is 0.272 e. The van der Waals surface area contributed by atoms with Gasteiger partial charge in [0.2, 0.25) is 5.91 Å². The van der Waals surface area contributed by atoms with Crippen LogP contribution in [0.4, 0.5) is 17.1 Å². The van der Waals surface area contributed by atoms with Gasteiger partial charge in [-0.3, -0.25) is 24.3 Å². The zero-order chi connectivity index (χ0) is 31.2. The zero-order valence-electron chi connectivity index (χ0n) is 24.2. The highest BCUT2D eigenvalue weighted by atomic mass is 32.2. The van der Waals surface area contributed by atoms with Gasteiger partial charge in [0, 0.05) is 38.3 Å². The first-order chi connectivity index (χ1) is 22.0. The molecule has 0 bridgehead atoms. The van der Waals surface area contributed by atoms with E-state index in [1.165, 1.54) is 11.8 Å². The summed E-state index contributed by atoms with van der Waals surface area (Å²) in [6, 6.07) is 35.4. The van der Waals surface area contributed by atoms with Crippen molar-refractivity contribution in [2.24, 2.45) is 0 Å². The predicted octanol–water partition coefficient (Wildman–Crippen LogP) is 7.80. The minimum absolute atomic E-state index is 0.0417. The number of aromatic nitrogens is 1. The Balaban J connectivity index is 1.20. The van der Waals surface area contributed by atoms with E-state index in [2.05, 4.69) is 15.6 Å². The van der Waals surface area contributed by atoms with Gasteiger partial charge in [0.1, 0.15) is 5.70 Å². The summed E-state index contributed by atoms with van der Waals surface area (Å²) in [7, 11) is 0. The summed E-state index contributed by atoms with van der Waals surface area (Å²) in [5, 5.41) is 5.21. The van der Waals surface area contributed by atoms with Crippen LogP contribution in [0.5, 0.6) is 0 Å². The van der Waals surface area contributed by atoms with Gasteiger partial charge in [-0.15, -0.1) is 11.8 Å². The quantitative estimate of drug-likeness (QED) is 0.135. The van der Waals surface area contributed by atoms with Gasteiger partial charge in [0.05, 0.1) is 16.6 Å². The van der Waals surface area contributed by atoms with Crippen molar-refractivity contribution in [1.29, 1.82) is 0 Å². The number of anilines is 3. The lowest BCUT2D eigenvalue weighted by atomic mass is 10.2. The van der Waals surface area contributed by atoms with Crippen LogP contribution in [0.25, 0.3) is 6.08 Å². The first kappa shape index (κ1) is 29.9. The maximum absolute atomic E-state index is 13.9. The van der Waals surface area contributed by atoms with Crippen molar-refractivity contribution in [2.75, 3.05) is 10.2 Å². The molecule has 1 unspecified atom stereocenters. The van der Waals surface area contributed by atoms with E-state index in [9.17, 15) is 14.4 Å². The molecule has 0 radical (unpaired) electrons. The van der Waals surface area contributed by atoms with Gasteiger partial charge in [-0.05, 0) is 79.2 Å². The number of rotatable bonds is 8. The Morgan fingerprint density at radius 1 is 0.822 bits per heavy atom. The van der Waals surface area contributed by atoms with Crippen molar-refractivity contribution in [3.05, 3.63) is 144 Å². The van der Waals surface area contributed by atoms with E-state index in [1.807, 2.05) is 79.7 Å². The minimum atomic E-state index is -0.492. The molecule has 1 aromatic heterocycles. The van der Waals surface area contributed by atoms with Gasteiger partial charge in [0.25, 0.3) is 11.8 Å². The van der Waals surface area contributed by atoms with Crippen molar-refractivity contribution in [3.63, 3.8) is 0 Å². The van der Waals surface area contributed by atoms with Gasteiger partial charge < -0.3 is 10.6 Å². The number of nitrogens with one attached hydrogen (secondary N) is 2. The lowest BCUT2D eigenvalue weighted by Crippen LogP contribution is -2.34. The molecule has 0 fully saturated rings. The molecular weight excluding hydrogens is 601 g/mol. The van der Waals surface area contributed by atoms with Crippen LogP contribution in [0.2, 0.25) is 0 Å². The van der Waals surface area contributed by atoms with Crippen molar-refractivity contribution in [2.45, 2.75) is 26.9 Å². The van der Waals surface area contributed by atoms with Crippen molar-refractivity contribution >= 4 is 64.4 Å². The first-order valence-corrected chi connectivity index (χ1v) is 15.9. The summed E-state index contributed by atoms with van der Waals surface area (Å²) in [6.45, 7) is 1.89. The molecule has 222 valence electrons. The Morgan fingerprint density at radius 2 is 1.51 bits per heavy atom. The Kier molecular flexibility index (Phi) is 9.09. The highest BCUT2D eigenvalue weighted by Gasteiger charge is 2.31. The number of amides is 3. The number of hydrogen-bond acceptors (Lipinski definition) is 6. The molecule has 2 N–H and O–H groups in total. The van der Waals surface area contributed by atoms with E-state index in [4.69, 9.17) is 0 Å². The number of pyridine rings is 1. The standard InChI is InChI=1S/C36H28N4O3S2/c1-24(36(43)40-30-16-5-7-18-32(30)45-33-19-8-6-17-31(33)40)44-28-15-9-14-27(22-28)38-35(42)29(21-25-11-10-20-37-23-25)39-34(41)26-12-3-2-4-13-26/h2-24H,1H3,(H,38,42)(H,39,41)/b29-21+. The topological polar surface area (TPSA) is 91.4 Å². The molecule has 0 saturated carbocycles. The molecule has 1 aliphatic rings. The fourth-order valence-corrected chi connectivity index (χ4v) is 6.82. The van der Waals surface area contributed by atoms with Crippen LogP contribution in [-0.4, -0.2) is 28.0 Å². The van der Waals surface area contributed by atoms with Crippen LogP contribution < -0.4 is 15.5 Å². The second-order valence-corrected chi connectivity index (χ2v) is 12.6. The molecule has 0 spiro atoms. The summed E-state index contributed by atoms with van der Waals surface area (Å²) < 4.78 is 0. The van der Waals surface area contributed by atoms with Gasteiger partial charge in [0.15, 0.2) is 0 Å². The average Bonchev–Trinajstić information content (AvgIpc) is 3.07. The van der Waals surface area contributed by atoms with E-state index in [-0.39, 0.29) is 11.6 Å². The second kappa shape index (κ2) is 13.7. The van der Waals surface area contributed by atoms with Gasteiger partial charge in [-0.2, -0.15) is 0 Å². The lowest BCUT2D eigenvalue weighted by Gasteiger charge is -2.32. The summed E-state index contributed by atoms with van der Waals surface area (Å²) in [6.07, 6.45) is 4.82. The highest BCUT2D eigenvalue weighted by Crippen LogP contribution is 2.48. The maximum Gasteiger partial charge on any atom is 0.272 e. The summed E-state index contributed by atoms with van der Waals surface area (Å²) in [5.41, 5.74) is 3.42. The molecule has 0 aliphatic carbocycles. The van der Waals surface area contributed by atoms with E-state index in [0.717, 1.165) is 26.1 Å². The van der Waals surface area contributed by atoms with Crippen LogP contribution >= 0.6 is 23.5 Å². The summed E-state index contributed by atoms with van der Waals surface area (Å²) in [4.78, 5) is 49.1. The van der Waals surface area contributed by atoms with Crippen LogP contribution in [0.15, 0.2) is 148 Å². The van der Waals surface area contributed by atoms with Crippen molar-refractivity contribution < 1.29 is 14.4 Å². The minimum Gasteiger partial charge on any atom is -0.321 e. The SMILES string of the molecule is CC(Sc1cccc(NC(=O)/C(=C\c2cccnc2)NC(=O)c2ccccc2)c1)C(=O)N1c2ccccc2Sc2ccccc21. The van der Waals surface area contributed by atoms with E-state index in [0.29, 0.717) is 16.8 Å². The molecule has 6 rings (SSSR count). The molecule has 1 aliphatic heterocycles. The Bertz CT molecular complexity index is 1850. The predicted molar refractivity (Wildman–Crippen MR) is 181 cm³/mol. The number of carbonyl (C=O) groups is 3. The number of para-hydroxylation sites is 2. The normalized spacial score (nSPS) is 12.8. The Labute approximate surface area is 269 Å². The lowest BCUT2D eigenvalue weighted by molar-refractivity contribution is -0.117. The number of hydrogen-bond donors (Lipinski definition) is 2. The molecule has 7 nitrogen and oxygen atoms in total. The Morgan fingerprint density at radius 3 is 2.20 bits per heavy atom. The number of nitrogens with zero attached hydrogens (tertiary/aromatic N) is 2. The molecule has 9 heteroatoms. The highest BCUT2D eigenvalue weighted by molar-refractivity contribution is 8.00. The van der Waals surface area contributed by atoms with E-state index >= 15 is 0 Å². The van der Waals surface area contributed by atoms with Crippen LogP contribution in [0.1, 0.15) is 22.8 Å². The third-order valence-corrected chi connectivity index (χ3v) is 9.14. The molecule has 4 aromatic carbocycles. The third-order valence-electron chi connectivity index (χ3n) is 6.93. The van der Waals surface area contributed by atoms with Crippen LogP contribution in [0, 0.1) is 0 Å². The number of fused-ring (bicyclic) bond motifs is 2. The zero-order valence-corrected chi connectivity index (χ0v) is 25.8. The third kappa shape index (κ3) is 7.01. The van der Waals surface area contributed by atoms with Crippen LogP contribution in [0.3, 0.4) is 0 Å². The van der Waals surface area contributed by atoms with Crippen LogP contribution in [-0.2, 0) is 9.59 Å². The molecule has 2 heterocycles. The second-order valence-electron chi connectivity index (χ2n) is 10.1. The van der Waals surface area contributed by atoms with Gasteiger partial charge in [-0.1, -0.05) is 66.4 Å². The monoisotopic (exact) mass is 628 g/mol. The molecule has 45 heavy (non-hydrogen) atoms. The number of carbonyl (C=O) groups excluding carboxylic acids is 3. The largest absolute Gasteiger partial charge is 0.321 e. The summed E-state index contributed by atoms with van der Waals surface area (Å²) in [5.74, 6) is -0.940. The first-order valence-electron chi connectivity index (χ1n) is 14.2. The van der Waals surface area contributed by atoms with Crippen molar-refractivity contribution in [3.8, 4) is 0 Å². The van der Waals surface area contributed by atoms with E-state index < -0.39 is 17.1 Å². The maximum atomic E-state index is 13.9. The number of thioether (sulfide) groups is 1. The molecule has 5 aromatic rings. The molecule has 3 amide bonds. The van der Waals surface area contributed by atoms with Crippen molar-refractivity contribution in [1.82, 2.24) is 10.3 Å². The summed E-state index contributed by atoms with van der Waals surface area (Å²) >= 11 is 3.07. The fraction of sp³-hybridized carbons (Fsp3) is 0.0556.